The van der Waals surface area contributed by atoms with Crippen LogP contribution in [-0.2, 0) is 0 Å². The van der Waals surface area contributed by atoms with E-state index in [-0.39, 0.29) is 5.38 Å². The van der Waals surface area contributed by atoms with Crippen LogP contribution in [0.2, 0.25) is 0 Å². The highest BCUT2D eigenvalue weighted by Crippen LogP contribution is 2.33. The number of aliphatic hydroxyl groups is 1. The van der Waals surface area contributed by atoms with Crippen LogP contribution in [0.1, 0.15) is 32.1 Å². The van der Waals surface area contributed by atoms with Gasteiger partial charge in [-0.15, -0.1) is 23.2 Å². The zero-order valence-electron chi connectivity index (χ0n) is 6.52. The van der Waals surface area contributed by atoms with Crippen molar-refractivity contribution in [3.8, 4) is 0 Å². The van der Waals surface area contributed by atoms with Crippen LogP contribution in [0.5, 0.6) is 0 Å². The first kappa shape index (κ1) is 9.63. The second-order valence-corrected chi connectivity index (χ2v) is 4.12. The largest absolute Gasteiger partial charge is 0.388 e. The predicted octanol–water partition coefficient (Wildman–Crippen LogP) is 2.53. The minimum absolute atomic E-state index is 0.274. The van der Waals surface area contributed by atoms with Crippen LogP contribution >= 0.6 is 23.2 Å². The van der Waals surface area contributed by atoms with Gasteiger partial charge in [0.25, 0.3) is 0 Å². The van der Waals surface area contributed by atoms with Crippen LogP contribution in [0.15, 0.2) is 0 Å². The Balaban J connectivity index is 2.49. The Labute approximate surface area is 77.7 Å². The fraction of sp³-hybridized carbons (Fsp3) is 1.00. The maximum absolute atomic E-state index is 9.92. The van der Waals surface area contributed by atoms with Crippen molar-refractivity contribution in [2.45, 2.75) is 43.1 Å². The van der Waals surface area contributed by atoms with Gasteiger partial charge in [-0.25, -0.2) is 0 Å². The summed E-state index contributed by atoms with van der Waals surface area (Å²) in [7, 11) is 0. The summed E-state index contributed by atoms with van der Waals surface area (Å²) in [5.74, 6) is 0.345. The molecule has 0 bridgehead atoms. The van der Waals surface area contributed by atoms with Crippen LogP contribution in [0.4, 0.5) is 0 Å². The minimum Gasteiger partial charge on any atom is -0.388 e. The van der Waals surface area contributed by atoms with Crippen LogP contribution in [0, 0.1) is 0 Å². The van der Waals surface area contributed by atoms with Crippen molar-refractivity contribution in [2.75, 3.05) is 5.88 Å². The zero-order valence-corrected chi connectivity index (χ0v) is 8.03. The van der Waals surface area contributed by atoms with Gasteiger partial charge in [0, 0.05) is 5.88 Å². The van der Waals surface area contributed by atoms with Crippen molar-refractivity contribution in [3.05, 3.63) is 0 Å². The second kappa shape index (κ2) is 3.97. The van der Waals surface area contributed by atoms with Crippen LogP contribution in [0.25, 0.3) is 0 Å². The van der Waals surface area contributed by atoms with Gasteiger partial charge in [-0.3, -0.25) is 0 Å². The van der Waals surface area contributed by atoms with Crippen molar-refractivity contribution >= 4 is 23.2 Å². The SMILES string of the molecule is OC1(C(Cl)CCl)CCCCC1. The summed E-state index contributed by atoms with van der Waals surface area (Å²) in [5, 5.41) is 9.65. The Bertz CT molecular complexity index is 121. The third-order valence-electron chi connectivity index (χ3n) is 2.44. The summed E-state index contributed by atoms with van der Waals surface area (Å²) in [6, 6.07) is 0. The predicted molar refractivity (Wildman–Crippen MR) is 48.4 cm³/mol. The summed E-state index contributed by atoms with van der Waals surface area (Å²) in [5.41, 5.74) is -0.679. The van der Waals surface area contributed by atoms with Gasteiger partial charge in [-0.2, -0.15) is 0 Å². The number of alkyl halides is 2. The van der Waals surface area contributed by atoms with Gasteiger partial charge >= 0.3 is 0 Å². The molecular formula is C8H14Cl2O. The zero-order chi connectivity index (χ0) is 8.32. The van der Waals surface area contributed by atoms with Gasteiger partial charge in [0.2, 0.25) is 0 Å². The van der Waals surface area contributed by atoms with E-state index in [1.165, 1.54) is 6.42 Å². The summed E-state index contributed by atoms with van der Waals surface area (Å²) in [4.78, 5) is 0. The molecule has 1 unspecified atom stereocenters. The lowest BCUT2D eigenvalue weighted by Crippen LogP contribution is -2.41. The average Bonchev–Trinajstić information content (AvgIpc) is 2.04. The van der Waals surface area contributed by atoms with Crippen LogP contribution < -0.4 is 0 Å². The molecule has 0 aromatic rings. The topological polar surface area (TPSA) is 20.2 Å². The average molecular weight is 197 g/mol. The number of halogens is 2. The highest BCUT2D eigenvalue weighted by atomic mass is 35.5. The molecule has 1 fully saturated rings. The molecule has 0 radical (unpaired) electrons. The lowest BCUT2D eigenvalue weighted by atomic mass is 9.83. The van der Waals surface area contributed by atoms with E-state index in [4.69, 9.17) is 23.2 Å². The maximum Gasteiger partial charge on any atom is 0.0822 e. The smallest absolute Gasteiger partial charge is 0.0822 e. The van der Waals surface area contributed by atoms with Gasteiger partial charge in [0.15, 0.2) is 0 Å². The molecule has 0 saturated heterocycles. The molecule has 0 amide bonds. The molecule has 0 spiro atoms. The molecule has 3 heteroatoms. The van der Waals surface area contributed by atoms with E-state index < -0.39 is 5.60 Å². The quantitative estimate of drug-likeness (QED) is 0.674. The van der Waals surface area contributed by atoms with Crippen LogP contribution in [0.3, 0.4) is 0 Å². The molecule has 0 aromatic carbocycles. The van der Waals surface area contributed by atoms with Gasteiger partial charge in [-0.1, -0.05) is 19.3 Å². The van der Waals surface area contributed by atoms with Crippen molar-refractivity contribution < 1.29 is 5.11 Å². The minimum atomic E-state index is -0.679. The Morgan fingerprint density at radius 2 is 1.82 bits per heavy atom. The summed E-state index contributed by atoms with van der Waals surface area (Å²) in [6.45, 7) is 0. The van der Waals surface area contributed by atoms with E-state index >= 15 is 0 Å². The molecule has 0 aromatic heterocycles. The first-order valence-corrected chi connectivity index (χ1v) is 5.08. The van der Waals surface area contributed by atoms with Crippen molar-refractivity contribution in [3.63, 3.8) is 0 Å². The Morgan fingerprint density at radius 3 is 2.27 bits per heavy atom. The highest BCUT2D eigenvalue weighted by Gasteiger charge is 2.35. The monoisotopic (exact) mass is 196 g/mol. The molecule has 1 aliphatic carbocycles. The Hall–Kier alpha value is 0.540. The molecule has 0 aliphatic heterocycles. The van der Waals surface area contributed by atoms with E-state index in [2.05, 4.69) is 0 Å². The molecule has 0 heterocycles. The van der Waals surface area contributed by atoms with Crippen molar-refractivity contribution in [2.24, 2.45) is 0 Å². The summed E-state index contributed by atoms with van der Waals surface area (Å²) in [6.07, 6.45) is 5.00. The van der Waals surface area contributed by atoms with E-state index in [1.807, 2.05) is 0 Å². The second-order valence-electron chi connectivity index (χ2n) is 3.29. The molecule has 11 heavy (non-hydrogen) atoms. The number of hydrogen-bond donors (Lipinski definition) is 1. The normalized spacial score (nSPS) is 26.5. The number of hydrogen-bond acceptors (Lipinski definition) is 1. The van der Waals surface area contributed by atoms with Crippen molar-refractivity contribution in [1.29, 1.82) is 0 Å². The summed E-state index contributed by atoms with van der Waals surface area (Å²) < 4.78 is 0. The maximum atomic E-state index is 9.92. The molecule has 1 N–H and O–H groups in total. The molecule has 1 nitrogen and oxygen atoms in total. The van der Waals surface area contributed by atoms with E-state index in [0.717, 1.165) is 25.7 Å². The van der Waals surface area contributed by atoms with E-state index in [1.54, 1.807) is 0 Å². The lowest BCUT2D eigenvalue weighted by Gasteiger charge is -2.35. The van der Waals surface area contributed by atoms with Crippen LogP contribution in [-0.4, -0.2) is 22.0 Å². The number of rotatable bonds is 2. The summed E-state index contributed by atoms with van der Waals surface area (Å²) >= 11 is 11.5. The van der Waals surface area contributed by atoms with Gasteiger partial charge < -0.3 is 5.11 Å². The highest BCUT2D eigenvalue weighted by molar-refractivity contribution is 6.28. The fourth-order valence-electron chi connectivity index (χ4n) is 1.62. The van der Waals surface area contributed by atoms with Gasteiger partial charge in [0.1, 0.15) is 0 Å². The van der Waals surface area contributed by atoms with E-state index in [0.29, 0.717) is 5.88 Å². The molecular weight excluding hydrogens is 183 g/mol. The molecule has 1 saturated carbocycles. The molecule has 1 rings (SSSR count). The first-order chi connectivity index (χ1) is 5.19. The third-order valence-corrected chi connectivity index (χ3v) is 3.46. The van der Waals surface area contributed by atoms with Gasteiger partial charge in [0.05, 0.1) is 11.0 Å². The Kier molecular flexibility index (Phi) is 3.48. The van der Waals surface area contributed by atoms with Gasteiger partial charge in [-0.05, 0) is 12.8 Å². The standard InChI is InChI=1S/C8H14Cl2O/c9-6-7(10)8(11)4-2-1-3-5-8/h7,11H,1-6H2. The Morgan fingerprint density at radius 1 is 1.27 bits per heavy atom. The molecule has 1 aliphatic rings. The molecule has 1 atom stereocenters. The van der Waals surface area contributed by atoms with E-state index in [9.17, 15) is 5.11 Å². The lowest BCUT2D eigenvalue weighted by molar-refractivity contribution is 0.00496. The molecule has 66 valence electrons. The first-order valence-electron chi connectivity index (χ1n) is 4.11. The fourth-order valence-corrected chi connectivity index (χ4v) is 2.13. The third kappa shape index (κ3) is 2.24. The van der Waals surface area contributed by atoms with Crippen molar-refractivity contribution in [1.82, 2.24) is 0 Å².